The van der Waals surface area contributed by atoms with Crippen LogP contribution >= 0.6 is 0 Å². The summed E-state index contributed by atoms with van der Waals surface area (Å²) in [5.41, 5.74) is 1.58. The first-order chi connectivity index (χ1) is 9.31. The third-order valence-electron chi connectivity index (χ3n) is 3.23. The lowest BCUT2D eigenvalue weighted by Gasteiger charge is -2.28. The Morgan fingerprint density at radius 1 is 1.10 bits per heavy atom. The zero-order valence-electron chi connectivity index (χ0n) is 13.3. The fraction of sp³-hybridized carbons (Fsp3) is 0.625. The molecule has 0 bridgehead atoms. The average Bonchev–Trinajstić information content (AvgIpc) is 2.33. The molecule has 1 atom stereocenters. The summed E-state index contributed by atoms with van der Waals surface area (Å²) < 4.78 is 0. The van der Waals surface area contributed by atoms with Crippen molar-refractivity contribution in [3.05, 3.63) is 23.8 Å². The van der Waals surface area contributed by atoms with Crippen LogP contribution in [0.4, 0.5) is 5.69 Å². The van der Waals surface area contributed by atoms with Crippen LogP contribution in [0, 0.1) is 5.92 Å². The van der Waals surface area contributed by atoms with E-state index in [-0.39, 0.29) is 5.75 Å². The topological polar surface area (TPSA) is 46.9 Å². The van der Waals surface area contributed by atoms with Crippen LogP contribution in [-0.4, -0.2) is 48.8 Å². The number of rotatable bonds is 7. The first kappa shape index (κ1) is 16.8. The fourth-order valence-corrected chi connectivity index (χ4v) is 2.17. The van der Waals surface area contributed by atoms with E-state index in [4.69, 9.17) is 0 Å². The summed E-state index contributed by atoms with van der Waals surface area (Å²) in [6, 6.07) is 5.53. The summed E-state index contributed by atoms with van der Waals surface area (Å²) in [7, 11) is 4.11. The van der Waals surface area contributed by atoms with Gasteiger partial charge < -0.3 is 20.0 Å². The van der Waals surface area contributed by atoms with Crippen molar-refractivity contribution in [2.24, 2.45) is 5.92 Å². The minimum atomic E-state index is -0.649. The molecule has 0 saturated carbocycles. The number of hydrogen-bond donors (Lipinski definition) is 2. The quantitative estimate of drug-likeness (QED) is 0.805. The zero-order valence-corrected chi connectivity index (χ0v) is 13.3. The van der Waals surface area contributed by atoms with E-state index >= 15 is 0 Å². The van der Waals surface area contributed by atoms with E-state index in [0.29, 0.717) is 11.5 Å². The molecule has 0 amide bonds. The molecule has 0 spiro atoms. The molecular formula is C16H28N2O2. The van der Waals surface area contributed by atoms with Crippen molar-refractivity contribution in [2.45, 2.75) is 26.9 Å². The number of hydrogen-bond acceptors (Lipinski definition) is 4. The molecule has 0 heterocycles. The third-order valence-corrected chi connectivity index (χ3v) is 3.23. The predicted octanol–water partition coefficient (Wildman–Crippen LogP) is 2.47. The van der Waals surface area contributed by atoms with Gasteiger partial charge in [-0.15, -0.1) is 0 Å². The zero-order chi connectivity index (χ0) is 15.3. The Bertz CT molecular complexity index is 417. The Kier molecular flexibility index (Phi) is 6.30. The van der Waals surface area contributed by atoms with Gasteiger partial charge in [-0.3, -0.25) is 0 Å². The van der Waals surface area contributed by atoms with Crippen LogP contribution in [0.5, 0.6) is 5.75 Å². The molecule has 4 nitrogen and oxygen atoms in total. The maximum absolute atomic E-state index is 10.0. The van der Waals surface area contributed by atoms with Crippen molar-refractivity contribution < 1.29 is 10.2 Å². The molecule has 0 saturated heterocycles. The van der Waals surface area contributed by atoms with E-state index in [0.717, 1.165) is 25.3 Å². The molecule has 4 heteroatoms. The highest BCUT2D eigenvalue weighted by molar-refractivity contribution is 5.54. The molecule has 0 fully saturated rings. The van der Waals surface area contributed by atoms with E-state index in [1.54, 1.807) is 19.1 Å². The van der Waals surface area contributed by atoms with Crippen molar-refractivity contribution in [2.75, 3.05) is 38.6 Å². The minimum absolute atomic E-state index is 0.163. The number of benzene rings is 1. The van der Waals surface area contributed by atoms with Gasteiger partial charge in [0.25, 0.3) is 0 Å². The summed E-state index contributed by atoms with van der Waals surface area (Å²) in [4.78, 5) is 4.42. The highest BCUT2D eigenvalue weighted by atomic mass is 16.3. The van der Waals surface area contributed by atoms with Crippen molar-refractivity contribution in [1.29, 1.82) is 0 Å². The highest BCUT2D eigenvalue weighted by Gasteiger charge is 2.13. The van der Waals surface area contributed by atoms with Gasteiger partial charge in [0.05, 0.1) is 6.10 Å². The van der Waals surface area contributed by atoms with Crippen LogP contribution < -0.4 is 4.90 Å². The van der Waals surface area contributed by atoms with Crippen molar-refractivity contribution >= 4 is 5.69 Å². The first-order valence-electron chi connectivity index (χ1n) is 7.22. The van der Waals surface area contributed by atoms with Crippen molar-refractivity contribution in [1.82, 2.24) is 4.90 Å². The normalized spacial score (nSPS) is 13.0. The Labute approximate surface area is 122 Å². The molecule has 20 heavy (non-hydrogen) atoms. The number of likely N-dealkylation sites (N-methyl/N-ethyl adjacent to an activating group) is 1. The number of anilines is 1. The number of phenolic OH excluding ortho intramolecular Hbond substituents is 1. The molecule has 1 rings (SSSR count). The van der Waals surface area contributed by atoms with Crippen LogP contribution in [-0.2, 0) is 0 Å². The lowest BCUT2D eigenvalue weighted by atomic mass is 10.1. The molecule has 114 valence electrons. The maximum atomic E-state index is 10.0. The summed E-state index contributed by atoms with van der Waals surface area (Å²) in [5.74, 6) is 0.715. The van der Waals surface area contributed by atoms with Crippen molar-refractivity contribution in [3.8, 4) is 5.75 Å². The second kappa shape index (κ2) is 7.50. The second-order valence-corrected chi connectivity index (χ2v) is 6.06. The van der Waals surface area contributed by atoms with E-state index in [1.807, 2.05) is 6.07 Å². The average molecular weight is 280 g/mol. The Morgan fingerprint density at radius 2 is 1.75 bits per heavy atom. The third kappa shape index (κ3) is 5.02. The van der Waals surface area contributed by atoms with Crippen LogP contribution in [0.2, 0.25) is 0 Å². The standard InChI is InChI=1S/C16H28N2O2/c1-12(2)11-18(9-8-17(4)5)14-6-7-15(13(3)19)16(20)10-14/h6-7,10,12-13,19-20H,8-9,11H2,1-5H3. The van der Waals surface area contributed by atoms with E-state index in [1.165, 1.54) is 0 Å². The fourth-order valence-electron chi connectivity index (χ4n) is 2.17. The largest absolute Gasteiger partial charge is 0.507 e. The molecule has 0 aliphatic heterocycles. The van der Waals surface area contributed by atoms with Gasteiger partial charge in [-0.25, -0.2) is 0 Å². The minimum Gasteiger partial charge on any atom is -0.507 e. The van der Waals surface area contributed by atoms with E-state index in [9.17, 15) is 10.2 Å². The van der Waals surface area contributed by atoms with E-state index < -0.39 is 6.10 Å². The van der Waals surface area contributed by atoms with Crippen LogP contribution in [0.3, 0.4) is 0 Å². The predicted molar refractivity (Wildman–Crippen MR) is 84.3 cm³/mol. The van der Waals surface area contributed by atoms with Gasteiger partial charge >= 0.3 is 0 Å². The maximum Gasteiger partial charge on any atom is 0.123 e. The van der Waals surface area contributed by atoms with Gasteiger partial charge in [-0.05, 0) is 33.0 Å². The van der Waals surface area contributed by atoms with Gasteiger partial charge in [0.1, 0.15) is 5.75 Å². The second-order valence-electron chi connectivity index (χ2n) is 6.06. The summed E-state index contributed by atoms with van der Waals surface area (Å²) >= 11 is 0. The highest BCUT2D eigenvalue weighted by Crippen LogP contribution is 2.29. The molecule has 0 radical (unpaired) electrons. The molecule has 0 aliphatic rings. The van der Waals surface area contributed by atoms with Crippen LogP contribution in [0.1, 0.15) is 32.4 Å². The number of aromatic hydroxyl groups is 1. The molecule has 1 aromatic rings. The molecule has 0 aliphatic carbocycles. The molecule has 2 N–H and O–H groups in total. The Hall–Kier alpha value is -1.26. The number of aliphatic hydroxyl groups is 1. The smallest absolute Gasteiger partial charge is 0.123 e. The lowest BCUT2D eigenvalue weighted by Crippen LogP contribution is -2.34. The summed E-state index contributed by atoms with van der Waals surface area (Å²) in [6.07, 6.45) is -0.649. The molecular weight excluding hydrogens is 252 g/mol. The van der Waals surface area contributed by atoms with Gasteiger partial charge in [-0.1, -0.05) is 19.9 Å². The SMILES string of the molecule is CC(C)CN(CCN(C)C)c1ccc(C(C)O)c(O)c1. The van der Waals surface area contributed by atoms with Crippen LogP contribution in [0.15, 0.2) is 18.2 Å². The monoisotopic (exact) mass is 280 g/mol. The first-order valence-corrected chi connectivity index (χ1v) is 7.22. The van der Waals surface area contributed by atoms with Crippen molar-refractivity contribution in [3.63, 3.8) is 0 Å². The number of aliphatic hydroxyl groups excluding tert-OH is 1. The lowest BCUT2D eigenvalue weighted by molar-refractivity contribution is 0.195. The van der Waals surface area contributed by atoms with Gasteiger partial charge in [0.2, 0.25) is 0 Å². The Morgan fingerprint density at radius 3 is 2.20 bits per heavy atom. The number of nitrogens with zero attached hydrogens (tertiary/aromatic N) is 2. The summed E-state index contributed by atoms with van der Waals surface area (Å²) in [5, 5.41) is 19.6. The van der Waals surface area contributed by atoms with Gasteiger partial charge in [0.15, 0.2) is 0 Å². The summed E-state index contributed by atoms with van der Waals surface area (Å²) in [6.45, 7) is 8.86. The van der Waals surface area contributed by atoms with E-state index in [2.05, 4.69) is 37.7 Å². The molecule has 0 aromatic heterocycles. The Balaban J connectivity index is 2.92. The van der Waals surface area contributed by atoms with Gasteiger partial charge in [0, 0.05) is 37.0 Å². The molecule has 1 unspecified atom stereocenters. The number of phenols is 1. The van der Waals surface area contributed by atoms with Gasteiger partial charge in [-0.2, -0.15) is 0 Å². The van der Waals surface area contributed by atoms with Crippen LogP contribution in [0.25, 0.3) is 0 Å². The molecule has 1 aromatic carbocycles.